The van der Waals surface area contributed by atoms with Crippen molar-refractivity contribution in [3.05, 3.63) is 100.0 Å². The molecule has 1 aliphatic rings. The van der Waals surface area contributed by atoms with Crippen LogP contribution in [0.5, 0.6) is 17.2 Å². The molecular weight excluding hydrogens is 484 g/mol. The van der Waals surface area contributed by atoms with Crippen LogP contribution in [-0.4, -0.2) is 17.6 Å². The van der Waals surface area contributed by atoms with E-state index in [-0.39, 0.29) is 24.8 Å². The van der Waals surface area contributed by atoms with Gasteiger partial charge in [-0.2, -0.15) is 0 Å². The molecule has 1 N–H and O–H groups in total. The summed E-state index contributed by atoms with van der Waals surface area (Å²) in [6, 6.07) is 20.6. The second kappa shape index (κ2) is 10.0. The van der Waals surface area contributed by atoms with Crippen LogP contribution in [-0.2, 0) is 6.61 Å². The highest BCUT2D eigenvalue weighted by atomic mass is 32.2. The Bertz CT molecular complexity index is 1430. The van der Waals surface area contributed by atoms with Gasteiger partial charge in [0.25, 0.3) is 11.6 Å². The Morgan fingerprint density at radius 3 is 2.61 bits per heavy atom. The summed E-state index contributed by atoms with van der Waals surface area (Å²) in [5, 5.41) is 14.1. The monoisotopic (exact) mass is 504 g/mol. The van der Waals surface area contributed by atoms with Crippen molar-refractivity contribution in [1.29, 1.82) is 0 Å². The van der Waals surface area contributed by atoms with Crippen LogP contribution in [0.25, 0.3) is 0 Å². The zero-order chi connectivity index (χ0) is 25.1. The first-order valence-electron chi connectivity index (χ1n) is 10.9. The summed E-state index contributed by atoms with van der Waals surface area (Å²) in [4.78, 5) is 25.3. The number of furan rings is 1. The molecular formula is C26H20N2O7S. The lowest BCUT2D eigenvalue weighted by Gasteiger charge is -2.08. The van der Waals surface area contributed by atoms with Crippen molar-refractivity contribution in [3.8, 4) is 17.2 Å². The van der Waals surface area contributed by atoms with Crippen LogP contribution >= 0.6 is 11.8 Å². The van der Waals surface area contributed by atoms with E-state index in [0.29, 0.717) is 33.6 Å². The summed E-state index contributed by atoms with van der Waals surface area (Å²) in [7, 11) is 0. The van der Waals surface area contributed by atoms with E-state index in [1.54, 1.807) is 30.3 Å². The highest BCUT2D eigenvalue weighted by Gasteiger charge is 2.17. The van der Waals surface area contributed by atoms with Crippen LogP contribution in [0.4, 0.5) is 11.4 Å². The van der Waals surface area contributed by atoms with E-state index in [9.17, 15) is 14.9 Å². The van der Waals surface area contributed by atoms with Crippen molar-refractivity contribution in [1.82, 2.24) is 0 Å². The minimum atomic E-state index is -0.531. The number of anilines is 1. The van der Waals surface area contributed by atoms with Crippen molar-refractivity contribution < 1.29 is 28.3 Å². The first-order chi connectivity index (χ1) is 17.4. The summed E-state index contributed by atoms with van der Waals surface area (Å²) in [6.07, 6.45) is 0. The Labute approximate surface area is 210 Å². The number of hydrogen-bond acceptors (Lipinski definition) is 8. The molecule has 2 heterocycles. The zero-order valence-electron chi connectivity index (χ0n) is 19.1. The molecule has 3 aromatic carbocycles. The molecule has 0 bridgehead atoms. The summed E-state index contributed by atoms with van der Waals surface area (Å²) in [5.74, 6) is 1.78. The molecule has 1 amide bonds. The van der Waals surface area contributed by atoms with Gasteiger partial charge in [-0.05, 0) is 49.4 Å². The normalized spacial score (nSPS) is 11.8. The van der Waals surface area contributed by atoms with E-state index in [1.807, 2.05) is 31.2 Å². The van der Waals surface area contributed by atoms with E-state index in [1.165, 1.54) is 30.0 Å². The Morgan fingerprint density at radius 1 is 1.00 bits per heavy atom. The van der Waals surface area contributed by atoms with Gasteiger partial charge in [-0.25, -0.2) is 0 Å². The van der Waals surface area contributed by atoms with Gasteiger partial charge in [0.1, 0.15) is 18.1 Å². The van der Waals surface area contributed by atoms with Crippen LogP contribution in [0.3, 0.4) is 0 Å². The van der Waals surface area contributed by atoms with Crippen LogP contribution in [0, 0.1) is 17.0 Å². The highest BCUT2D eigenvalue weighted by Crippen LogP contribution is 2.36. The predicted octanol–water partition coefficient (Wildman–Crippen LogP) is 6.21. The first-order valence-corrected chi connectivity index (χ1v) is 11.7. The van der Waals surface area contributed by atoms with Crippen LogP contribution in [0.1, 0.15) is 21.9 Å². The summed E-state index contributed by atoms with van der Waals surface area (Å²) < 4.78 is 21.9. The van der Waals surface area contributed by atoms with E-state index >= 15 is 0 Å². The molecule has 0 aliphatic carbocycles. The third-order valence-corrected chi connectivity index (χ3v) is 6.21. The smallest absolute Gasteiger partial charge is 0.291 e. The predicted molar refractivity (Wildman–Crippen MR) is 132 cm³/mol. The number of ether oxygens (including phenoxy) is 3. The van der Waals surface area contributed by atoms with Gasteiger partial charge in [0.15, 0.2) is 17.3 Å². The van der Waals surface area contributed by atoms with Gasteiger partial charge in [-0.1, -0.05) is 29.5 Å². The Hall–Kier alpha value is -4.44. The van der Waals surface area contributed by atoms with Gasteiger partial charge in [-0.15, -0.1) is 0 Å². The minimum Gasteiger partial charge on any atom is -0.486 e. The second-order valence-electron chi connectivity index (χ2n) is 7.91. The molecule has 9 nitrogen and oxygen atoms in total. The topological polar surface area (TPSA) is 113 Å². The number of hydrogen-bond donors (Lipinski definition) is 1. The fourth-order valence-corrected chi connectivity index (χ4v) is 4.36. The Morgan fingerprint density at radius 2 is 1.81 bits per heavy atom. The molecule has 1 aliphatic heterocycles. The number of aryl methyl sites for hydroxylation is 1. The number of carbonyl (C=O) groups excluding carboxylic acids is 1. The molecule has 0 spiro atoms. The molecule has 0 atom stereocenters. The third-order valence-electron chi connectivity index (χ3n) is 5.23. The molecule has 0 unspecified atom stereocenters. The number of nitro groups is 1. The molecule has 4 aromatic rings. The number of non-ortho nitro benzene ring substituents is 1. The number of nitrogens with zero attached hydrogens (tertiary/aromatic N) is 1. The fraction of sp³-hybridized carbons (Fsp3) is 0.115. The Balaban J connectivity index is 1.26. The maximum Gasteiger partial charge on any atom is 0.291 e. The average molecular weight is 505 g/mol. The number of amides is 1. The molecule has 5 rings (SSSR count). The van der Waals surface area contributed by atoms with Crippen molar-refractivity contribution in [2.45, 2.75) is 23.3 Å². The second-order valence-corrected chi connectivity index (χ2v) is 9.06. The van der Waals surface area contributed by atoms with E-state index < -0.39 is 10.8 Å². The van der Waals surface area contributed by atoms with Crippen molar-refractivity contribution in [2.75, 3.05) is 12.1 Å². The number of nitro benzene ring substituents is 1. The van der Waals surface area contributed by atoms with Crippen molar-refractivity contribution in [2.24, 2.45) is 0 Å². The fourth-order valence-electron chi connectivity index (χ4n) is 3.45. The molecule has 36 heavy (non-hydrogen) atoms. The van der Waals surface area contributed by atoms with Crippen LogP contribution in [0.15, 0.2) is 87.0 Å². The molecule has 0 saturated heterocycles. The Kier molecular flexibility index (Phi) is 6.50. The lowest BCUT2D eigenvalue weighted by atomic mass is 10.2. The number of nitrogens with one attached hydrogen (secondary N) is 1. The SMILES string of the molecule is Cc1ccc(Sc2cc(NC(=O)c3ccc(COc4ccc5c(c4)OCO5)o3)cc([N+](=O)[O-])c2)cc1. The summed E-state index contributed by atoms with van der Waals surface area (Å²) in [5.41, 5.74) is 1.28. The van der Waals surface area contributed by atoms with Gasteiger partial charge < -0.3 is 23.9 Å². The number of benzene rings is 3. The van der Waals surface area contributed by atoms with E-state index in [2.05, 4.69) is 5.32 Å². The quantitative estimate of drug-likeness (QED) is 0.223. The molecule has 0 fully saturated rings. The molecule has 10 heteroatoms. The number of rotatable bonds is 8. The minimum absolute atomic E-state index is 0.0542. The summed E-state index contributed by atoms with van der Waals surface area (Å²) in [6.45, 7) is 2.26. The van der Waals surface area contributed by atoms with Gasteiger partial charge in [0.05, 0.1) is 4.92 Å². The maximum absolute atomic E-state index is 12.8. The maximum atomic E-state index is 12.8. The van der Waals surface area contributed by atoms with Crippen molar-refractivity contribution in [3.63, 3.8) is 0 Å². The molecule has 0 saturated carbocycles. The highest BCUT2D eigenvalue weighted by molar-refractivity contribution is 7.99. The van der Waals surface area contributed by atoms with E-state index in [0.717, 1.165) is 10.5 Å². The largest absolute Gasteiger partial charge is 0.486 e. The van der Waals surface area contributed by atoms with E-state index in [4.69, 9.17) is 18.6 Å². The molecule has 182 valence electrons. The van der Waals surface area contributed by atoms with Crippen LogP contribution < -0.4 is 19.5 Å². The van der Waals surface area contributed by atoms with Crippen molar-refractivity contribution >= 4 is 29.0 Å². The number of fused-ring (bicyclic) bond motifs is 1. The number of carbonyl (C=O) groups is 1. The average Bonchev–Trinajstić information content (AvgIpc) is 3.53. The van der Waals surface area contributed by atoms with Gasteiger partial charge in [0, 0.05) is 33.7 Å². The third kappa shape index (κ3) is 5.44. The van der Waals surface area contributed by atoms with Gasteiger partial charge in [-0.3, -0.25) is 14.9 Å². The lowest BCUT2D eigenvalue weighted by molar-refractivity contribution is -0.385. The standard InChI is InChI=1S/C26H20N2O7S/c1-16-2-6-21(7-3-16)36-22-11-17(10-18(12-22)28(30)31)27-26(29)24-9-5-20(35-24)14-32-19-4-8-23-25(13-19)34-15-33-23/h2-13H,14-15H2,1H3,(H,27,29). The van der Waals surface area contributed by atoms with Gasteiger partial charge >= 0.3 is 0 Å². The first kappa shape index (κ1) is 23.3. The zero-order valence-corrected chi connectivity index (χ0v) is 19.9. The van der Waals surface area contributed by atoms with Gasteiger partial charge in [0.2, 0.25) is 6.79 Å². The lowest BCUT2D eigenvalue weighted by Crippen LogP contribution is -2.11. The molecule has 0 radical (unpaired) electrons. The summed E-state index contributed by atoms with van der Waals surface area (Å²) >= 11 is 1.37. The molecule has 1 aromatic heterocycles. The van der Waals surface area contributed by atoms with Crippen LogP contribution in [0.2, 0.25) is 0 Å².